The van der Waals surface area contributed by atoms with Crippen molar-refractivity contribution < 1.29 is 18.0 Å². The number of nitrogens with one attached hydrogen (secondary N) is 3. The molecule has 1 saturated carbocycles. The summed E-state index contributed by atoms with van der Waals surface area (Å²) in [6, 6.07) is 13.5. The van der Waals surface area contributed by atoms with Gasteiger partial charge in [-0.25, -0.2) is 13.1 Å². The number of carbonyl (C=O) groups excluding carboxylic acids is 2. The summed E-state index contributed by atoms with van der Waals surface area (Å²) in [6.07, 6.45) is 5.93. The molecule has 1 aliphatic carbocycles. The predicted octanol–water partition coefficient (Wildman–Crippen LogP) is 4.34. The molecule has 0 aromatic heterocycles. The van der Waals surface area contributed by atoms with Gasteiger partial charge in [-0.2, -0.15) is 5.26 Å². The van der Waals surface area contributed by atoms with Crippen molar-refractivity contribution in [2.45, 2.75) is 75.8 Å². The Morgan fingerprint density at radius 3 is 2.33 bits per heavy atom. The molecule has 3 rings (SSSR count). The van der Waals surface area contributed by atoms with E-state index in [0.29, 0.717) is 29.2 Å². The van der Waals surface area contributed by atoms with Gasteiger partial charge >= 0.3 is 0 Å². The first-order chi connectivity index (χ1) is 17.0. The normalized spacial score (nSPS) is 15.5. The number of nitrogens with zero attached hydrogens (tertiary/aromatic N) is 1. The Morgan fingerprint density at radius 1 is 1.06 bits per heavy atom. The summed E-state index contributed by atoms with van der Waals surface area (Å²) < 4.78 is 27.7. The number of nitriles is 1. The van der Waals surface area contributed by atoms with E-state index in [9.17, 15) is 18.0 Å². The van der Waals surface area contributed by atoms with Gasteiger partial charge in [0.2, 0.25) is 15.9 Å². The molecule has 0 saturated heterocycles. The Balaban J connectivity index is 1.75. The van der Waals surface area contributed by atoms with E-state index in [4.69, 9.17) is 5.26 Å². The number of carbonyl (C=O) groups is 2. The molecule has 3 N–H and O–H groups in total. The zero-order valence-electron chi connectivity index (χ0n) is 21.0. The van der Waals surface area contributed by atoms with Crippen LogP contribution in [-0.2, 0) is 14.8 Å². The average Bonchev–Trinajstić information content (AvgIpc) is 2.83. The molecular formula is C27H34N4O4S. The van der Waals surface area contributed by atoms with Gasteiger partial charge in [-0.15, -0.1) is 0 Å². The lowest BCUT2D eigenvalue weighted by atomic mass is 9.84. The van der Waals surface area contributed by atoms with Crippen LogP contribution in [0.2, 0.25) is 0 Å². The summed E-state index contributed by atoms with van der Waals surface area (Å²) in [5, 5.41) is 14.8. The van der Waals surface area contributed by atoms with Gasteiger partial charge in [-0.3, -0.25) is 9.59 Å². The van der Waals surface area contributed by atoms with E-state index in [2.05, 4.69) is 15.4 Å². The molecule has 2 aromatic carbocycles. The maximum atomic E-state index is 13.2. The Kier molecular flexibility index (Phi) is 8.88. The minimum Gasteiger partial charge on any atom is -0.340 e. The Labute approximate surface area is 213 Å². The second-order valence-corrected chi connectivity index (χ2v) is 12.0. The maximum absolute atomic E-state index is 13.2. The molecule has 0 heterocycles. The highest BCUT2D eigenvalue weighted by molar-refractivity contribution is 7.89. The highest BCUT2D eigenvalue weighted by Gasteiger charge is 2.27. The molecule has 36 heavy (non-hydrogen) atoms. The first-order valence-corrected chi connectivity index (χ1v) is 13.7. The Hall–Kier alpha value is -3.22. The van der Waals surface area contributed by atoms with E-state index in [0.717, 1.165) is 25.7 Å². The van der Waals surface area contributed by atoms with Crippen LogP contribution < -0.4 is 15.4 Å². The van der Waals surface area contributed by atoms with E-state index in [1.54, 1.807) is 39.0 Å². The third-order valence-electron chi connectivity index (χ3n) is 6.04. The van der Waals surface area contributed by atoms with Gasteiger partial charge in [0.15, 0.2) is 0 Å². The monoisotopic (exact) mass is 510 g/mol. The van der Waals surface area contributed by atoms with Crippen molar-refractivity contribution >= 4 is 27.5 Å². The SMILES string of the molecule is CC(C)(C)NS(=O)(=O)c1ccc(NC(=O)[C@H](CC2CCCCC2)NC(=O)c2cccc(C#N)c2)cc1. The summed E-state index contributed by atoms with van der Waals surface area (Å²) in [4.78, 5) is 26.3. The number of sulfonamides is 1. The Bertz CT molecular complexity index is 1220. The highest BCUT2D eigenvalue weighted by Crippen LogP contribution is 2.28. The first-order valence-electron chi connectivity index (χ1n) is 12.2. The molecule has 8 nitrogen and oxygen atoms in total. The predicted molar refractivity (Wildman–Crippen MR) is 139 cm³/mol. The number of anilines is 1. The fraction of sp³-hybridized carbons (Fsp3) is 0.444. The molecule has 0 bridgehead atoms. The van der Waals surface area contributed by atoms with Gasteiger partial charge < -0.3 is 10.6 Å². The highest BCUT2D eigenvalue weighted by atomic mass is 32.2. The first kappa shape index (κ1) is 27.4. The minimum absolute atomic E-state index is 0.0971. The number of amides is 2. The lowest BCUT2D eigenvalue weighted by Crippen LogP contribution is -2.45. The summed E-state index contributed by atoms with van der Waals surface area (Å²) in [6.45, 7) is 5.28. The summed E-state index contributed by atoms with van der Waals surface area (Å²) in [7, 11) is -3.69. The molecule has 9 heteroatoms. The molecule has 0 aliphatic heterocycles. The molecule has 1 fully saturated rings. The van der Waals surface area contributed by atoms with Gasteiger partial charge in [0.05, 0.1) is 16.5 Å². The van der Waals surface area contributed by atoms with Crippen molar-refractivity contribution in [2.24, 2.45) is 5.92 Å². The maximum Gasteiger partial charge on any atom is 0.251 e. The van der Waals surface area contributed by atoms with Crippen LogP contribution in [0.4, 0.5) is 5.69 Å². The fourth-order valence-corrected chi connectivity index (χ4v) is 5.79. The summed E-state index contributed by atoms with van der Waals surface area (Å²) in [5.41, 5.74) is 0.496. The number of rotatable bonds is 8. The van der Waals surface area contributed by atoms with Crippen molar-refractivity contribution in [3.8, 4) is 6.07 Å². The Morgan fingerprint density at radius 2 is 1.72 bits per heavy atom. The zero-order valence-corrected chi connectivity index (χ0v) is 21.8. The van der Waals surface area contributed by atoms with E-state index < -0.39 is 27.5 Å². The van der Waals surface area contributed by atoms with E-state index in [1.165, 1.54) is 36.8 Å². The molecular weight excluding hydrogens is 476 g/mol. The standard InChI is InChI=1S/C27H34N4O4S/c1-27(2,3)31-36(34,35)23-14-12-22(13-15-23)29-26(33)24(17-19-8-5-4-6-9-19)30-25(32)21-11-7-10-20(16-21)18-28/h7,10-16,19,24,31H,4-6,8-9,17H2,1-3H3,(H,29,33)(H,30,32)/t24-/m0/s1. The van der Waals surface area contributed by atoms with E-state index in [-0.39, 0.29) is 10.8 Å². The molecule has 0 unspecified atom stereocenters. The number of hydrogen-bond acceptors (Lipinski definition) is 5. The second-order valence-electron chi connectivity index (χ2n) is 10.3. The molecule has 2 amide bonds. The topological polar surface area (TPSA) is 128 Å². The van der Waals surface area contributed by atoms with Crippen molar-refractivity contribution in [1.29, 1.82) is 5.26 Å². The molecule has 1 aliphatic rings. The van der Waals surface area contributed by atoms with Crippen LogP contribution in [0.1, 0.15) is 75.2 Å². The van der Waals surface area contributed by atoms with E-state index in [1.807, 2.05) is 6.07 Å². The van der Waals surface area contributed by atoms with Crippen LogP contribution in [-0.4, -0.2) is 31.8 Å². The molecule has 0 spiro atoms. The van der Waals surface area contributed by atoms with Crippen LogP contribution >= 0.6 is 0 Å². The fourth-order valence-electron chi connectivity index (χ4n) is 4.37. The van der Waals surface area contributed by atoms with Crippen LogP contribution in [0.25, 0.3) is 0 Å². The van der Waals surface area contributed by atoms with Gasteiger partial charge in [0.1, 0.15) is 6.04 Å². The summed E-state index contributed by atoms with van der Waals surface area (Å²) in [5.74, 6) is -0.456. The minimum atomic E-state index is -3.69. The van der Waals surface area contributed by atoms with Crippen LogP contribution in [0.3, 0.4) is 0 Å². The number of hydrogen-bond donors (Lipinski definition) is 3. The lowest BCUT2D eigenvalue weighted by molar-refractivity contribution is -0.118. The quantitative estimate of drug-likeness (QED) is 0.487. The van der Waals surface area contributed by atoms with Crippen LogP contribution in [0.15, 0.2) is 53.4 Å². The average molecular weight is 511 g/mol. The molecule has 0 radical (unpaired) electrons. The van der Waals surface area contributed by atoms with Gasteiger partial charge in [-0.05, 0) is 75.6 Å². The van der Waals surface area contributed by atoms with Gasteiger partial charge in [0, 0.05) is 16.8 Å². The van der Waals surface area contributed by atoms with E-state index >= 15 is 0 Å². The smallest absolute Gasteiger partial charge is 0.251 e. The molecule has 192 valence electrons. The number of benzene rings is 2. The van der Waals surface area contributed by atoms with Gasteiger partial charge in [-0.1, -0.05) is 38.2 Å². The van der Waals surface area contributed by atoms with Crippen LogP contribution in [0, 0.1) is 17.2 Å². The van der Waals surface area contributed by atoms with Crippen molar-refractivity contribution in [3.05, 3.63) is 59.7 Å². The molecule has 2 aromatic rings. The largest absolute Gasteiger partial charge is 0.340 e. The van der Waals surface area contributed by atoms with Crippen molar-refractivity contribution in [3.63, 3.8) is 0 Å². The van der Waals surface area contributed by atoms with Crippen LogP contribution in [0.5, 0.6) is 0 Å². The van der Waals surface area contributed by atoms with Gasteiger partial charge in [0.25, 0.3) is 5.91 Å². The molecule has 1 atom stereocenters. The van der Waals surface area contributed by atoms with Crippen molar-refractivity contribution in [1.82, 2.24) is 10.0 Å². The summed E-state index contributed by atoms with van der Waals surface area (Å²) >= 11 is 0. The third kappa shape index (κ3) is 7.90. The second kappa shape index (κ2) is 11.7. The van der Waals surface area contributed by atoms with Crippen molar-refractivity contribution in [2.75, 3.05) is 5.32 Å². The zero-order chi connectivity index (χ0) is 26.3. The third-order valence-corrected chi connectivity index (χ3v) is 7.82. The lowest BCUT2D eigenvalue weighted by Gasteiger charge is -2.26.